The molecule has 112 valence electrons. The fraction of sp³-hybridized carbons (Fsp3) is 0.312. The maximum absolute atomic E-state index is 13.5. The topological polar surface area (TPSA) is 43.4 Å². The van der Waals surface area contributed by atoms with Crippen LogP contribution in [0.25, 0.3) is 0 Å². The van der Waals surface area contributed by atoms with Crippen LogP contribution in [0.1, 0.15) is 17.2 Å². The monoisotopic (exact) mass is 290 g/mol. The van der Waals surface area contributed by atoms with Gasteiger partial charge in [-0.15, -0.1) is 0 Å². The van der Waals surface area contributed by atoms with Crippen LogP contribution < -0.4 is 14.8 Å². The highest BCUT2D eigenvalue weighted by Crippen LogP contribution is 2.28. The maximum Gasteiger partial charge on any atom is 0.212 e. The lowest BCUT2D eigenvalue weighted by Crippen LogP contribution is -2.20. The SMILES string of the molecule is CNC(Cc1ccc(OC)nc1)c1cc(F)ccc1OC. The molecule has 0 radical (unpaired) electrons. The van der Waals surface area contributed by atoms with Crippen molar-refractivity contribution in [2.45, 2.75) is 12.5 Å². The van der Waals surface area contributed by atoms with Crippen LogP contribution in [0.3, 0.4) is 0 Å². The summed E-state index contributed by atoms with van der Waals surface area (Å²) in [5, 5.41) is 3.19. The van der Waals surface area contributed by atoms with Crippen LogP contribution in [-0.2, 0) is 6.42 Å². The Kier molecular flexibility index (Phi) is 5.11. The average Bonchev–Trinajstić information content (AvgIpc) is 2.53. The zero-order chi connectivity index (χ0) is 15.2. The van der Waals surface area contributed by atoms with Crippen molar-refractivity contribution in [3.05, 3.63) is 53.5 Å². The Bertz CT molecular complexity index is 587. The van der Waals surface area contributed by atoms with E-state index in [1.807, 2.05) is 19.2 Å². The highest BCUT2D eigenvalue weighted by Gasteiger charge is 2.16. The molecule has 1 atom stereocenters. The Balaban J connectivity index is 2.24. The number of likely N-dealkylation sites (N-methyl/N-ethyl adjacent to an activating group) is 1. The molecule has 2 aromatic rings. The Labute approximate surface area is 123 Å². The fourth-order valence-corrected chi connectivity index (χ4v) is 2.23. The molecule has 0 spiro atoms. The highest BCUT2D eigenvalue weighted by molar-refractivity contribution is 5.37. The van der Waals surface area contributed by atoms with E-state index in [0.29, 0.717) is 18.1 Å². The van der Waals surface area contributed by atoms with Gasteiger partial charge in [-0.05, 0) is 37.2 Å². The number of aromatic nitrogens is 1. The Morgan fingerprint density at radius 3 is 2.57 bits per heavy atom. The minimum Gasteiger partial charge on any atom is -0.496 e. The number of methoxy groups -OCH3 is 2. The number of rotatable bonds is 6. The number of pyridine rings is 1. The van der Waals surface area contributed by atoms with E-state index in [4.69, 9.17) is 9.47 Å². The van der Waals surface area contributed by atoms with E-state index in [1.165, 1.54) is 12.1 Å². The highest BCUT2D eigenvalue weighted by atomic mass is 19.1. The molecule has 0 saturated carbocycles. The van der Waals surface area contributed by atoms with Crippen LogP contribution in [0.15, 0.2) is 36.5 Å². The lowest BCUT2D eigenvalue weighted by molar-refractivity contribution is 0.396. The molecule has 0 aliphatic heterocycles. The molecule has 1 aromatic heterocycles. The molecule has 5 heteroatoms. The van der Waals surface area contributed by atoms with Crippen LogP contribution in [-0.4, -0.2) is 26.3 Å². The van der Waals surface area contributed by atoms with Gasteiger partial charge in [0.15, 0.2) is 0 Å². The second kappa shape index (κ2) is 7.04. The Morgan fingerprint density at radius 2 is 2.00 bits per heavy atom. The van der Waals surface area contributed by atoms with Crippen molar-refractivity contribution >= 4 is 0 Å². The lowest BCUT2D eigenvalue weighted by Gasteiger charge is -2.19. The summed E-state index contributed by atoms with van der Waals surface area (Å²) in [6.45, 7) is 0. The van der Waals surface area contributed by atoms with Crippen LogP contribution in [0.4, 0.5) is 4.39 Å². The zero-order valence-electron chi connectivity index (χ0n) is 12.4. The van der Waals surface area contributed by atoms with Gasteiger partial charge in [-0.25, -0.2) is 9.37 Å². The van der Waals surface area contributed by atoms with E-state index in [2.05, 4.69) is 10.3 Å². The van der Waals surface area contributed by atoms with E-state index in [0.717, 1.165) is 11.1 Å². The molecule has 1 heterocycles. The molecule has 0 fully saturated rings. The third-order valence-electron chi connectivity index (χ3n) is 3.36. The molecule has 0 amide bonds. The van der Waals surface area contributed by atoms with Gasteiger partial charge in [0, 0.05) is 23.9 Å². The number of nitrogens with one attached hydrogen (secondary N) is 1. The molecular weight excluding hydrogens is 271 g/mol. The van der Waals surface area contributed by atoms with E-state index in [9.17, 15) is 4.39 Å². The molecule has 1 unspecified atom stereocenters. The second-order valence-electron chi connectivity index (χ2n) is 4.64. The molecule has 1 N–H and O–H groups in total. The fourth-order valence-electron chi connectivity index (χ4n) is 2.23. The van der Waals surface area contributed by atoms with Crippen molar-refractivity contribution < 1.29 is 13.9 Å². The predicted molar refractivity (Wildman–Crippen MR) is 79.2 cm³/mol. The minimum absolute atomic E-state index is 0.0640. The third kappa shape index (κ3) is 3.70. The van der Waals surface area contributed by atoms with Crippen molar-refractivity contribution in [2.75, 3.05) is 21.3 Å². The summed E-state index contributed by atoms with van der Waals surface area (Å²) >= 11 is 0. The van der Waals surface area contributed by atoms with Crippen LogP contribution in [0, 0.1) is 5.82 Å². The first kappa shape index (κ1) is 15.3. The first-order chi connectivity index (χ1) is 10.2. The molecule has 4 nitrogen and oxygen atoms in total. The minimum atomic E-state index is -0.279. The van der Waals surface area contributed by atoms with Gasteiger partial charge in [0.2, 0.25) is 5.88 Å². The summed E-state index contributed by atoms with van der Waals surface area (Å²) in [6, 6.07) is 8.22. The van der Waals surface area contributed by atoms with Gasteiger partial charge in [0.25, 0.3) is 0 Å². The summed E-state index contributed by atoms with van der Waals surface area (Å²) in [6.07, 6.45) is 2.43. The summed E-state index contributed by atoms with van der Waals surface area (Å²) in [4.78, 5) is 4.18. The van der Waals surface area contributed by atoms with Gasteiger partial charge >= 0.3 is 0 Å². The lowest BCUT2D eigenvalue weighted by atomic mass is 9.99. The first-order valence-corrected chi connectivity index (χ1v) is 6.67. The van der Waals surface area contributed by atoms with Crippen LogP contribution in [0.5, 0.6) is 11.6 Å². The Morgan fingerprint density at radius 1 is 1.19 bits per heavy atom. The molecule has 2 rings (SSSR count). The number of nitrogens with zero attached hydrogens (tertiary/aromatic N) is 1. The number of hydrogen-bond acceptors (Lipinski definition) is 4. The Hall–Kier alpha value is -2.14. The number of hydrogen-bond donors (Lipinski definition) is 1. The molecule has 0 saturated heterocycles. The van der Waals surface area contributed by atoms with Gasteiger partial charge in [0.1, 0.15) is 11.6 Å². The van der Waals surface area contributed by atoms with Crippen LogP contribution in [0.2, 0.25) is 0 Å². The molecular formula is C16H19FN2O2. The number of benzene rings is 1. The number of halogens is 1. The molecule has 0 aliphatic rings. The molecule has 1 aromatic carbocycles. The van der Waals surface area contributed by atoms with Crippen molar-refractivity contribution in [3.63, 3.8) is 0 Å². The van der Waals surface area contributed by atoms with Gasteiger partial charge in [-0.3, -0.25) is 0 Å². The standard InChI is InChI=1S/C16H19FN2O2/c1-18-14(8-11-4-7-16(21-3)19-10-11)13-9-12(17)5-6-15(13)20-2/h4-7,9-10,14,18H,8H2,1-3H3. The first-order valence-electron chi connectivity index (χ1n) is 6.67. The average molecular weight is 290 g/mol. The van der Waals surface area contributed by atoms with Crippen molar-refractivity contribution in [1.82, 2.24) is 10.3 Å². The molecule has 0 aliphatic carbocycles. The largest absolute Gasteiger partial charge is 0.496 e. The maximum atomic E-state index is 13.5. The van der Waals surface area contributed by atoms with E-state index in [-0.39, 0.29) is 11.9 Å². The summed E-state index contributed by atoms with van der Waals surface area (Å²) in [7, 11) is 5.00. The third-order valence-corrected chi connectivity index (χ3v) is 3.36. The van der Waals surface area contributed by atoms with Crippen molar-refractivity contribution in [2.24, 2.45) is 0 Å². The summed E-state index contributed by atoms with van der Waals surface area (Å²) in [5.41, 5.74) is 1.82. The number of ether oxygens (including phenoxy) is 2. The van der Waals surface area contributed by atoms with E-state index in [1.54, 1.807) is 26.5 Å². The van der Waals surface area contributed by atoms with Gasteiger partial charge in [0.05, 0.1) is 14.2 Å². The van der Waals surface area contributed by atoms with E-state index >= 15 is 0 Å². The van der Waals surface area contributed by atoms with Crippen molar-refractivity contribution in [1.29, 1.82) is 0 Å². The summed E-state index contributed by atoms with van der Waals surface area (Å²) in [5.74, 6) is 0.958. The molecule has 0 bridgehead atoms. The van der Waals surface area contributed by atoms with Gasteiger partial charge in [-0.2, -0.15) is 0 Å². The predicted octanol–water partition coefficient (Wildman–Crippen LogP) is 2.74. The van der Waals surface area contributed by atoms with Crippen LogP contribution >= 0.6 is 0 Å². The second-order valence-corrected chi connectivity index (χ2v) is 4.64. The smallest absolute Gasteiger partial charge is 0.212 e. The molecule has 21 heavy (non-hydrogen) atoms. The summed E-state index contributed by atoms with van der Waals surface area (Å²) < 4.78 is 23.9. The quantitative estimate of drug-likeness (QED) is 0.888. The van der Waals surface area contributed by atoms with Crippen molar-refractivity contribution in [3.8, 4) is 11.6 Å². The van der Waals surface area contributed by atoms with Gasteiger partial charge < -0.3 is 14.8 Å². The zero-order valence-corrected chi connectivity index (χ0v) is 12.4. The van der Waals surface area contributed by atoms with E-state index < -0.39 is 0 Å². The normalized spacial score (nSPS) is 12.0. The van der Waals surface area contributed by atoms with Gasteiger partial charge in [-0.1, -0.05) is 6.07 Å².